The molecule has 4 rings (SSSR count). The summed E-state index contributed by atoms with van der Waals surface area (Å²) in [4.78, 5) is 0. The molecule has 1 aromatic carbocycles. The first-order valence-corrected chi connectivity index (χ1v) is 8.13. The number of fused-ring (bicyclic) bond motifs is 1. The van der Waals surface area contributed by atoms with E-state index in [0.29, 0.717) is 0 Å². The molecule has 6 nitrogen and oxygen atoms in total. The Balaban J connectivity index is 1.55. The van der Waals surface area contributed by atoms with Crippen LogP contribution in [0.1, 0.15) is 16.8 Å². The van der Waals surface area contributed by atoms with Crippen molar-refractivity contribution in [2.45, 2.75) is 19.4 Å². The van der Waals surface area contributed by atoms with Crippen molar-refractivity contribution in [1.82, 2.24) is 20.0 Å². The van der Waals surface area contributed by atoms with Gasteiger partial charge in [-0.15, -0.1) is 0 Å². The first-order valence-electron chi connectivity index (χ1n) is 8.13. The van der Waals surface area contributed by atoms with Crippen LogP contribution in [0.15, 0.2) is 36.7 Å². The van der Waals surface area contributed by atoms with Crippen molar-refractivity contribution in [2.75, 3.05) is 20.3 Å². The minimum Gasteiger partial charge on any atom is -0.497 e. The minimum atomic E-state index is 0.722. The van der Waals surface area contributed by atoms with Gasteiger partial charge in [0.15, 0.2) is 0 Å². The van der Waals surface area contributed by atoms with Crippen LogP contribution in [0.5, 0.6) is 5.75 Å². The van der Waals surface area contributed by atoms with Crippen LogP contribution in [0.25, 0.3) is 11.3 Å². The second-order valence-electron chi connectivity index (χ2n) is 5.92. The lowest BCUT2D eigenvalue weighted by molar-refractivity contribution is 0.146. The zero-order valence-electron chi connectivity index (χ0n) is 13.7. The number of H-pyrrole nitrogens is 1. The van der Waals surface area contributed by atoms with Crippen molar-refractivity contribution in [3.63, 3.8) is 0 Å². The zero-order valence-corrected chi connectivity index (χ0v) is 13.7. The maximum atomic E-state index is 5.55. The summed E-state index contributed by atoms with van der Waals surface area (Å²) in [7, 11) is 1.67. The molecule has 6 heteroatoms. The molecule has 0 aliphatic carbocycles. The van der Waals surface area contributed by atoms with Crippen LogP contribution in [-0.4, -0.2) is 40.3 Å². The first-order chi connectivity index (χ1) is 11.8. The van der Waals surface area contributed by atoms with Crippen LogP contribution in [0.2, 0.25) is 0 Å². The van der Waals surface area contributed by atoms with E-state index in [9.17, 15) is 0 Å². The van der Waals surface area contributed by atoms with Crippen LogP contribution in [-0.2, 0) is 24.1 Å². The number of ether oxygens (including phenoxy) is 2. The van der Waals surface area contributed by atoms with Gasteiger partial charge in [-0.05, 0) is 24.1 Å². The molecule has 3 aromatic rings. The summed E-state index contributed by atoms with van der Waals surface area (Å²) in [5.74, 6) is 0.862. The number of aromatic amines is 1. The molecule has 0 bridgehead atoms. The molecule has 0 saturated heterocycles. The van der Waals surface area contributed by atoms with Gasteiger partial charge in [0.25, 0.3) is 0 Å². The fourth-order valence-electron chi connectivity index (χ4n) is 3.06. The fraction of sp³-hybridized carbons (Fsp3) is 0.333. The Kier molecular flexibility index (Phi) is 4.04. The average Bonchev–Trinajstić information content (AvgIpc) is 3.16. The molecule has 1 aliphatic rings. The lowest BCUT2D eigenvalue weighted by atomic mass is 10.1. The lowest BCUT2D eigenvalue weighted by Gasteiger charge is -2.03. The molecule has 3 heterocycles. The summed E-state index contributed by atoms with van der Waals surface area (Å²) in [5, 5.41) is 12.1. The Bertz CT molecular complexity index is 820. The normalized spacial score (nSPS) is 14.2. The average molecular weight is 324 g/mol. The number of hydrogen-bond acceptors (Lipinski definition) is 4. The highest BCUT2D eigenvalue weighted by Gasteiger charge is 2.18. The molecule has 0 atom stereocenters. The van der Waals surface area contributed by atoms with Gasteiger partial charge >= 0.3 is 0 Å². The number of benzene rings is 1. The number of nitrogens with one attached hydrogen (secondary N) is 1. The van der Waals surface area contributed by atoms with Gasteiger partial charge in [0.1, 0.15) is 5.75 Å². The molecule has 0 unspecified atom stereocenters. The van der Waals surface area contributed by atoms with E-state index in [2.05, 4.69) is 27.4 Å². The number of methoxy groups -OCH3 is 1. The number of nitrogens with zero attached hydrogens (tertiary/aromatic N) is 3. The summed E-state index contributed by atoms with van der Waals surface area (Å²) >= 11 is 0. The van der Waals surface area contributed by atoms with E-state index in [1.54, 1.807) is 7.11 Å². The van der Waals surface area contributed by atoms with Gasteiger partial charge in [0.05, 0.1) is 38.8 Å². The number of rotatable bonds is 4. The molecular formula is C18H20N4O2. The van der Waals surface area contributed by atoms with Gasteiger partial charge in [-0.3, -0.25) is 9.78 Å². The van der Waals surface area contributed by atoms with Crippen LogP contribution >= 0.6 is 0 Å². The van der Waals surface area contributed by atoms with Crippen LogP contribution in [0.4, 0.5) is 0 Å². The van der Waals surface area contributed by atoms with Crippen molar-refractivity contribution in [1.29, 1.82) is 0 Å². The van der Waals surface area contributed by atoms with E-state index in [1.165, 1.54) is 16.8 Å². The molecular weight excluding hydrogens is 304 g/mol. The van der Waals surface area contributed by atoms with E-state index < -0.39 is 0 Å². The van der Waals surface area contributed by atoms with Gasteiger partial charge in [0.2, 0.25) is 0 Å². The van der Waals surface area contributed by atoms with Gasteiger partial charge in [-0.25, -0.2) is 0 Å². The Morgan fingerprint density at radius 2 is 2.04 bits per heavy atom. The monoisotopic (exact) mass is 324 g/mol. The van der Waals surface area contributed by atoms with Crippen molar-refractivity contribution in [2.24, 2.45) is 0 Å². The second kappa shape index (κ2) is 6.49. The molecule has 24 heavy (non-hydrogen) atoms. The third kappa shape index (κ3) is 2.92. The Morgan fingerprint density at radius 1 is 1.21 bits per heavy atom. The van der Waals surface area contributed by atoms with Crippen molar-refractivity contribution in [3.05, 3.63) is 53.5 Å². The topological polar surface area (TPSA) is 65.0 Å². The molecule has 0 spiro atoms. The van der Waals surface area contributed by atoms with E-state index >= 15 is 0 Å². The Labute approximate surface area is 140 Å². The third-order valence-electron chi connectivity index (χ3n) is 4.36. The Hall–Kier alpha value is -2.60. The van der Waals surface area contributed by atoms with Gasteiger partial charge < -0.3 is 9.47 Å². The predicted molar refractivity (Wildman–Crippen MR) is 90.1 cm³/mol. The Morgan fingerprint density at radius 3 is 2.88 bits per heavy atom. The van der Waals surface area contributed by atoms with Crippen molar-refractivity contribution >= 4 is 0 Å². The number of hydrogen-bond donors (Lipinski definition) is 1. The highest BCUT2D eigenvalue weighted by Crippen LogP contribution is 2.26. The molecule has 0 fully saturated rings. The maximum absolute atomic E-state index is 5.55. The standard InChI is InChI=1S/C18H20N4O2/c1-23-15-4-2-13(3-5-15)11-22-12-14(10-19-22)18-16-6-8-24-9-7-17(16)20-21-18/h2-5,10,12H,6-9,11H2,1H3,(H,20,21). The summed E-state index contributed by atoms with van der Waals surface area (Å²) in [5.41, 5.74) is 5.67. The van der Waals surface area contributed by atoms with Gasteiger partial charge in [-0.2, -0.15) is 10.2 Å². The highest BCUT2D eigenvalue weighted by molar-refractivity contribution is 5.62. The quantitative estimate of drug-likeness (QED) is 0.800. The van der Waals surface area contributed by atoms with E-state index in [0.717, 1.165) is 49.6 Å². The van der Waals surface area contributed by atoms with Gasteiger partial charge in [-0.1, -0.05) is 12.1 Å². The second-order valence-corrected chi connectivity index (χ2v) is 5.92. The molecule has 1 aliphatic heterocycles. The van der Waals surface area contributed by atoms with E-state index in [4.69, 9.17) is 9.47 Å². The number of aromatic nitrogens is 4. The molecule has 0 radical (unpaired) electrons. The van der Waals surface area contributed by atoms with Gasteiger partial charge in [0, 0.05) is 29.4 Å². The van der Waals surface area contributed by atoms with E-state index in [-0.39, 0.29) is 0 Å². The zero-order chi connectivity index (χ0) is 16.4. The predicted octanol–water partition coefficient (Wildman–Crippen LogP) is 2.45. The maximum Gasteiger partial charge on any atom is 0.118 e. The van der Waals surface area contributed by atoms with E-state index in [1.807, 2.05) is 29.2 Å². The first kappa shape index (κ1) is 15.0. The van der Waals surface area contributed by atoms with Crippen LogP contribution < -0.4 is 4.74 Å². The largest absolute Gasteiger partial charge is 0.497 e. The molecule has 0 amide bonds. The summed E-state index contributed by atoms with van der Waals surface area (Å²) in [6, 6.07) is 8.04. The fourth-order valence-corrected chi connectivity index (χ4v) is 3.06. The van der Waals surface area contributed by atoms with Crippen molar-refractivity contribution < 1.29 is 9.47 Å². The summed E-state index contributed by atoms with van der Waals surface area (Å²) in [6.45, 7) is 2.23. The SMILES string of the molecule is COc1ccc(Cn2cc(-c3n[nH]c4c3CCOCC4)cn2)cc1. The highest BCUT2D eigenvalue weighted by atomic mass is 16.5. The molecule has 2 aromatic heterocycles. The van der Waals surface area contributed by atoms with Crippen molar-refractivity contribution in [3.8, 4) is 17.0 Å². The molecule has 1 N–H and O–H groups in total. The smallest absolute Gasteiger partial charge is 0.118 e. The minimum absolute atomic E-state index is 0.722. The summed E-state index contributed by atoms with van der Waals surface area (Å²) in [6.07, 6.45) is 5.71. The summed E-state index contributed by atoms with van der Waals surface area (Å²) < 4.78 is 12.7. The molecule has 0 saturated carbocycles. The third-order valence-corrected chi connectivity index (χ3v) is 4.36. The molecule has 124 valence electrons. The van der Waals surface area contributed by atoms with Crippen LogP contribution in [0, 0.1) is 0 Å². The van der Waals surface area contributed by atoms with Crippen LogP contribution in [0.3, 0.4) is 0 Å². The lowest BCUT2D eigenvalue weighted by Crippen LogP contribution is -1.99.